The van der Waals surface area contributed by atoms with Gasteiger partial charge in [-0.3, -0.25) is 0 Å². The van der Waals surface area contributed by atoms with Crippen LogP contribution in [-0.4, -0.2) is 59.5 Å². The molecule has 15 heavy (non-hydrogen) atoms. The lowest BCUT2D eigenvalue weighted by Gasteiger charge is -2.38. The quantitative estimate of drug-likeness (QED) is 0.586. The van der Waals surface area contributed by atoms with E-state index in [1.165, 1.54) is 19.5 Å². The van der Waals surface area contributed by atoms with Gasteiger partial charge in [0.15, 0.2) is 0 Å². The number of aliphatic hydroxyl groups is 2. The van der Waals surface area contributed by atoms with E-state index >= 15 is 0 Å². The van der Waals surface area contributed by atoms with E-state index in [0.717, 1.165) is 13.0 Å². The molecule has 2 rings (SSSR count). The minimum absolute atomic E-state index is 0.00354. The summed E-state index contributed by atoms with van der Waals surface area (Å²) >= 11 is 0. The number of fused-ring (bicyclic) bond motifs is 2. The third kappa shape index (κ3) is 2.33. The summed E-state index contributed by atoms with van der Waals surface area (Å²) in [6.45, 7) is 5.44. The lowest BCUT2D eigenvalue weighted by Crippen LogP contribution is -2.57. The molecule has 2 bridgehead atoms. The first-order chi connectivity index (χ1) is 7.17. The average Bonchev–Trinajstić information content (AvgIpc) is 2.66. The van der Waals surface area contributed by atoms with Crippen molar-refractivity contribution in [1.29, 1.82) is 0 Å². The first kappa shape index (κ1) is 11.3. The molecule has 2 aliphatic heterocycles. The highest BCUT2D eigenvalue weighted by Gasteiger charge is 2.37. The molecule has 4 heteroatoms. The standard InChI is InChI=1S/C11H22N2O2/c1-11(7-14,8-15)12-10-3-5-13-4-2-9(10)6-13/h9-10,12,14-15H,2-8H2,1H3. The van der Waals surface area contributed by atoms with Gasteiger partial charge in [0.05, 0.1) is 18.8 Å². The van der Waals surface area contributed by atoms with Crippen molar-refractivity contribution in [2.24, 2.45) is 5.92 Å². The van der Waals surface area contributed by atoms with E-state index in [4.69, 9.17) is 0 Å². The summed E-state index contributed by atoms with van der Waals surface area (Å²) in [5.41, 5.74) is -0.518. The van der Waals surface area contributed by atoms with Crippen LogP contribution in [0.15, 0.2) is 0 Å². The monoisotopic (exact) mass is 214 g/mol. The Morgan fingerprint density at radius 1 is 1.27 bits per heavy atom. The summed E-state index contributed by atoms with van der Waals surface area (Å²) in [5, 5.41) is 21.9. The van der Waals surface area contributed by atoms with Crippen molar-refractivity contribution < 1.29 is 10.2 Å². The minimum Gasteiger partial charge on any atom is -0.394 e. The molecule has 3 atom stereocenters. The van der Waals surface area contributed by atoms with Gasteiger partial charge in [0.25, 0.3) is 0 Å². The van der Waals surface area contributed by atoms with Crippen molar-refractivity contribution in [3.05, 3.63) is 0 Å². The van der Waals surface area contributed by atoms with Crippen molar-refractivity contribution in [1.82, 2.24) is 10.2 Å². The number of rotatable bonds is 4. The molecule has 0 aromatic heterocycles. The maximum atomic E-state index is 9.25. The third-order valence-electron chi connectivity index (χ3n) is 3.87. The SMILES string of the molecule is CC(CO)(CO)NC1CCN2CCC1C2. The number of nitrogens with zero attached hydrogens (tertiary/aromatic N) is 1. The maximum absolute atomic E-state index is 9.25. The van der Waals surface area contributed by atoms with E-state index in [2.05, 4.69) is 10.2 Å². The van der Waals surface area contributed by atoms with Gasteiger partial charge in [-0.1, -0.05) is 0 Å². The third-order valence-corrected chi connectivity index (χ3v) is 3.87. The summed E-state index contributed by atoms with van der Waals surface area (Å²) in [6, 6.07) is 0.466. The number of hydrogen-bond acceptors (Lipinski definition) is 4. The molecular formula is C11H22N2O2. The van der Waals surface area contributed by atoms with Gasteiger partial charge in [0.2, 0.25) is 0 Å². The number of hydrogen-bond donors (Lipinski definition) is 3. The van der Waals surface area contributed by atoms with Gasteiger partial charge in [-0.2, -0.15) is 0 Å². The highest BCUT2D eigenvalue weighted by atomic mass is 16.3. The minimum atomic E-state index is -0.518. The van der Waals surface area contributed by atoms with Crippen LogP contribution in [0.1, 0.15) is 19.8 Å². The second-order valence-corrected chi connectivity index (χ2v) is 5.27. The Balaban J connectivity index is 1.93. The summed E-state index contributed by atoms with van der Waals surface area (Å²) in [7, 11) is 0. The fourth-order valence-corrected chi connectivity index (χ4v) is 2.73. The average molecular weight is 214 g/mol. The molecule has 0 spiro atoms. The van der Waals surface area contributed by atoms with Gasteiger partial charge in [0.1, 0.15) is 0 Å². The molecule has 2 heterocycles. The fraction of sp³-hybridized carbons (Fsp3) is 1.00. The maximum Gasteiger partial charge on any atom is 0.0633 e. The zero-order valence-electron chi connectivity index (χ0n) is 9.45. The number of aliphatic hydroxyl groups excluding tert-OH is 2. The molecule has 0 radical (unpaired) electrons. The zero-order chi connectivity index (χ0) is 10.9. The van der Waals surface area contributed by atoms with Gasteiger partial charge in [-0.15, -0.1) is 0 Å². The summed E-state index contributed by atoms with van der Waals surface area (Å²) in [5.74, 6) is 0.705. The van der Waals surface area contributed by atoms with Crippen LogP contribution < -0.4 is 5.32 Å². The second kappa shape index (κ2) is 4.37. The second-order valence-electron chi connectivity index (χ2n) is 5.27. The number of piperidine rings is 1. The predicted octanol–water partition coefficient (Wildman–Crippen LogP) is -0.586. The molecule has 3 unspecified atom stereocenters. The van der Waals surface area contributed by atoms with Crippen molar-refractivity contribution in [3.8, 4) is 0 Å². The molecule has 0 aromatic carbocycles. The molecule has 0 aliphatic carbocycles. The summed E-state index contributed by atoms with van der Waals surface area (Å²) in [4.78, 5) is 2.50. The lowest BCUT2D eigenvalue weighted by molar-refractivity contribution is 0.0765. The van der Waals surface area contributed by atoms with Crippen LogP contribution in [0, 0.1) is 5.92 Å². The van der Waals surface area contributed by atoms with Crippen LogP contribution >= 0.6 is 0 Å². The molecule has 2 fully saturated rings. The smallest absolute Gasteiger partial charge is 0.0633 e. The summed E-state index contributed by atoms with van der Waals surface area (Å²) in [6.07, 6.45) is 2.39. The van der Waals surface area contributed by atoms with Gasteiger partial charge in [0, 0.05) is 12.6 Å². The summed E-state index contributed by atoms with van der Waals surface area (Å²) < 4.78 is 0. The van der Waals surface area contributed by atoms with E-state index < -0.39 is 5.54 Å². The van der Waals surface area contributed by atoms with Crippen molar-refractivity contribution >= 4 is 0 Å². The Bertz CT molecular complexity index is 219. The van der Waals surface area contributed by atoms with Crippen LogP contribution in [0.4, 0.5) is 0 Å². The first-order valence-corrected chi connectivity index (χ1v) is 5.88. The largest absolute Gasteiger partial charge is 0.394 e. The molecule has 2 saturated heterocycles. The molecule has 2 aliphatic rings. The van der Waals surface area contributed by atoms with Crippen LogP contribution in [0.25, 0.3) is 0 Å². The molecule has 3 N–H and O–H groups in total. The molecular weight excluding hydrogens is 192 g/mol. The van der Waals surface area contributed by atoms with Gasteiger partial charge >= 0.3 is 0 Å². The highest BCUT2D eigenvalue weighted by Crippen LogP contribution is 2.28. The Hall–Kier alpha value is -0.160. The molecule has 0 amide bonds. The Kier molecular flexibility index (Phi) is 3.30. The first-order valence-electron chi connectivity index (χ1n) is 5.88. The van der Waals surface area contributed by atoms with Crippen molar-refractivity contribution in [3.63, 3.8) is 0 Å². The molecule has 4 nitrogen and oxygen atoms in total. The van der Waals surface area contributed by atoms with Gasteiger partial charge in [-0.05, 0) is 38.8 Å². The van der Waals surface area contributed by atoms with E-state index in [1.807, 2.05) is 6.92 Å². The van der Waals surface area contributed by atoms with Crippen molar-refractivity contribution in [2.45, 2.75) is 31.3 Å². The normalized spacial score (nSPS) is 35.8. The highest BCUT2D eigenvalue weighted by molar-refractivity contribution is 4.95. The van der Waals surface area contributed by atoms with Crippen molar-refractivity contribution in [2.75, 3.05) is 32.8 Å². The zero-order valence-corrected chi connectivity index (χ0v) is 9.45. The predicted molar refractivity (Wildman–Crippen MR) is 58.7 cm³/mol. The molecule has 88 valence electrons. The fourth-order valence-electron chi connectivity index (χ4n) is 2.73. The molecule has 0 aromatic rings. The van der Waals surface area contributed by atoms with Crippen LogP contribution in [0.2, 0.25) is 0 Å². The number of nitrogens with one attached hydrogen (secondary N) is 1. The Morgan fingerprint density at radius 3 is 2.60 bits per heavy atom. The topological polar surface area (TPSA) is 55.7 Å². The Morgan fingerprint density at radius 2 is 1.93 bits per heavy atom. The van der Waals surface area contributed by atoms with E-state index in [9.17, 15) is 10.2 Å². The molecule has 0 saturated carbocycles. The van der Waals surface area contributed by atoms with Crippen LogP contribution in [0.3, 0.4) is 0 Å². The van der Waals surface area contributed by atoms with Crippen LogP contribution in [0.5, 0.6) is 0 Å². The van der Waals surface area contributed by atoms with E-state index in [-0.39, 0.29) is 13.2 Å². The van der Waals surface area contributed by atoms with E-state index in [0.29, 0.717) is 12.0 Å². The Labute approximate surface area is 91.3 Å². The van der Waals surface area contributed by atoms with Crippen LogP contribution in [-0.2, 0) is 0 Å². The lowest BCUT2D eigenvalue weighted by atomic mass is 9.91. The van der Waals surface area contributed by atoms with E-state index in [1.54, 1.807) is 0 Å². The van der Waals surface area contributed by atoms with Gasteiger partial charge in [-0.25, -0.2) is 0 Å². The van der Waals surface area contributed by atoms with Gasteiger partial charge < -0.3 is 20.4 Å².